The topological polar surface area (TPSA) is 59.3 Å². The lowest BCUT2D eigenvalue weighted by Gasteiger charge is -2.30. The number of rotatable bonds is 2. The average Bonchev–Trinajstić information content (AvgIpc) is 3.26. The van der Waals surface area contributed by atoms with Crippen molar-refractivity contribution < 1.29 is 9.18 Å². The highest BCUT2D eigenvalue weighted by molar-refractivity contribution is 6.10. The number of halogens is 1. The Labute approximate surface area is 154 Å². The summed E-state index contributed by atoms with van der Waals surface area (Å²) in [5, 5.41) is 3.52. The van der Waals surface area contributed by atoms with E-state index in [1.165, 1.54) is 10.6 Å². The van der Waals surface area contributed by atoms with Gasteiger partial charge in [-0.15, -0.1) is 0 Å². The van der Waals surface area contributed by atoms with Crippen molar-refractivity contribution in [3.8, 4) is 11.4 Å². The molecule has 1 saturated heterocycles. The molecule has 0 atom stereocenters. The first-order valence-electron chi connectivity index (χ1n) is 9.20. The lowest BCUT2D eigenvalue weighted by Crippen LogP contribution is -2.43. The van der Waals surface area contributed by atoms with Crippen LogP contribution in [0.25, 0.3) is 22.3 Å². The van der Waals surface area contributed by atoms with E-state index in [1.807, 2.05) is 22.5 Å². The maximum Gasteiger partial charge on any atom is 0.268 e. The van der Waals surface area contributed by atoms with E-state index >= 15 is 0 Å². The molecule has 0 saturated carbocycles. The first-order chi connectivity index (χ1) is 13.1. The second-order valence-corrected chi connectivity index (χ2v) is 6.92. The third-order valence-corrected chi connectivity index (χ3v) is 5.53. The van der Waals surface area contributed by atoms with Crippen LogP contribution in [-0.2, 0) is 6.54 Å². The summed E-state index contributed by atoms with van der Waals surface area (Å²) in [7, 11) is 0. The molecule has 1 fully saturated rings. The fourth-order valence-electron chi connectivity index (χ4n) is 4.27. The molecular formula is C20H19FN4O2. The van der Waals surface area contributed by atoms with Gasteiger partial charge in [0, 0.05) is 44.3 Å². The van der Waals surface area contributed by atoms with Crippen LogP contribution in [0.4, 0.5) is 10.1 Å². The highest BCUT2D eigenvalue weighted by Crippen LogP contribution is 2.34. The fourth-order valence-corrected chi connectivity index (χ4v) is 4.27. The molecule has 0 aliphatic carbocycles. The van der Waals surface area contributed by atoms with E-state index in [0.717, 1.165) is 13.1 Å². The molecule has 0 spiro atoms. The number of nitrogens with zero attached hydrogens (tertiary/aromatic N) is 3. The van der Waals surface area contributed by atoms with Crippen molar-refractivity contribution in [3.05, 3.63) is 52.1 Å². The van der Waals surface area contributed by atoms with Gasteiger partial charge >= 0.3 is 0 Å². The summed E-state index contributed by atoms with van der Waals surface area (Å²) in [6.45, 7) is 5.56. The Morgan fingerprint density at radius 2 is 1.96 bits per heavy atom. The lowest BCUT2D eigenvalue weighted by atomic mass is 10.1. The number of pyridine rings is 1. The Balaban J connectivity index is 1.84. The van der Waals surface area contributed by atoms with Gasteiger partial charge in [-0.2, -0.15) is 0 Å². The molecule has 1 aromatic carbocycles. The van der Waals surface area contributed by atoms with Gasteiger partial charge < -0.3 is 14.8 Å². The zero-order chi connectivity index (χ0) is 18.7. The number of hydrogen-bond acceptors (Lipinski definition) is 4. The fraction of sp³-hybridized carbons (Fsp3) is 0.300. The molecule has 7 heteroatoms. The quantitative estimate of drug-likeness (QED) is 0.590. The smallest absolute Gasteiger partial charge is 0.268 e. The van der Waals surface area contributed by atoms with Crippen LogP contribution < -0.4 is 15.6 Å². The lowest BCUT2D eigenvalue weighted by molar-refractivity contribution is 0.0968. The number of hydrogen-bond donors (Lipinski definition) is 1. The van der Waals surface area contributed by atoms with Crippen LogP contribution >= 0.6 is 0 Å². The molecule has 138 valence electrons. The van der Waals surface area contributed by atoms with E-state index < -0.39 is 11.2 Å². The number of fused-ring (bicyclic) bond motifs is 4. The first-order valence-corrected chi connectivity index (χ1v) is 9.20. The summed E-state index contributed by atoms with van der Waals surface area (Å²) in [5.74, 6) is -0.764. The van der Waals surface area contributed by atoms with Gasteiger partial charge in [0.05, 0.1) is 22.6 Å². The predicted molar refractivity (Wildman–Crippen MR) is 102 cm³/mol. The minimum atomic E-state index is -0.422. The van der Waals surface area contributed by atoms with Gasteiger partial charge in [0.2, 0.25) is 5.43 Å². The molecule has 0 bridgehead atoms. The highest BCUT2D eigenvalue weighted by atomic mass is 19.1. The molecule has 2 aromatic heterocycles. The standard InChI is InChI=1S/C20H19FN4O2/c1-2-24-15-11-16(23-8-5-22-6-9-23)13(21)10-12(15)19(26)17-18(24)14-4-3-7-25(14)20(17)27/h3-4,7,10-11,22H,2,5-6,8-9H2,1H3. The molecule has 4 heterocycles. The third kappa shape index (κ3) is 2.15. The zero-order valence-corrected chi connectivity index (χ0v) is 15.0. The molecule has 2 aliphatic heterocycles. The Morgan fingerprint density at radius 3 is 2.70 bits per heavy atom. The van der Waals surface area contributed by atoms with Crippen molar-refractivity contribution in [1.82, 2.24) is 14.5 Å². The van der Waals surface area contributed by atoms with E-state index in [0.29, 0.717) is 42.2 Å². The van der Waals surface area contributed by atoms with Crippen LogP contribution in [0.15, 0.2) is 35.3 Å². The second-order valence-electron chi connectivity index (χ2n) is 6.92. The third-order valence-electron chi connectivity index (χ3n) is 5.53. The predicted octanol–water partition coefficient (Wildman–Crippen LogP) is 2.04. The summed E-state index contributed by atoms with van der Waals surface area (Å²) in [4.78, 5) is 27.8. The summed E-state index contributed by atoms with van der Waals surface area (Å²) in [6, 6.07) is 6.68. The maximum absolute atomic E-state index is 14.9. The van der Waals surface area contributed by atoms with Crippen LogP contribution in [0, 0.1) is 5.82 Å². The van der Waals surface area contributed by atoms with Crippen molar-refractivity contribution in [3.63, 3.8) is 0 Å². The Kier molecular flexibility index (Phi) is 3.48. The van der Waals surface area contributed by atoms with Crippen molar-refractivity contribution >= 4 is 22.5 Å². The van der Waals surface area contributed by atoms with Crippen LogP contribution in [-0.4, -0.2) is 41.2 Å². The molecule has 1 N–H and O–H groups in total. The number of aryl methyl sites for hydroxylation is 1. The van der Waals surface area contributed by atoms with Gasteiger partial charge in [0.15, 0.2) is 0 Å². The van der Waals surface area contributed by atoms with Gasteiger partial charge in [0.25, 0.3) is 5.91 Å². The summed E-state index contributed by atoms with van der Waals surface area (Å²) in [6.07, 6.45) is 1.66. The molecule has 0 amide bonds. The van der Waals surface area contributed by atoms with Gasteiger partial charge in [0.1, 0.15) is 11.4 Å². The molecule has 0 unspecified atom stereocenters. The van der Waals surface area contributed by atoms with Crippen LogP contribution in [0.1, 0.15) is 17.3 Å². The van der Waals surface area contributed by atoms with E-state index in [-0.39, 0.29) is 16.9 Å². The van der Waals surface area contributed by atoms with E-state index in [1.54, 1.807) is 18.3 Å². The van der Waals surface area contributed by atoms with E-state index in [2.05, 4.69) is 5.32 Å². The molecule has 2 aliphatic rings. The normalized spacial score (nSPS) is 16.1. The van der Waals surface area contributed by atoms with E-state index in [4.69, 9.17) is 0 Å². The number of carbonyl (C=O) groups excluding carboxylic acids is 1. The number of nitrogens with one attached hydrogen (secondary N) is 1. The minimum Gasteiger partial charge on any atom is -0.367 e. The molecular weight excluding hydrogens is 347 g/mol. The Morgan fingerprint density at radius 1 is 1.19 bits per heavy atom. The Hall–Kier alpha value is -2.93. The number of benzene rings is 1. The van der Waals surface area contributed by atoms with Crippen LogP contribution in [0.3, 0.4) is 0 Å². The molecule has 3 aromatic rings. The molecule has 5 rings (SSSR count). The minimum absolute atomic E-state index is 0.134. The molecule has 0 radical (unpaired) electrons. The molecule has 6 nitrogen and oxygen atoms in total. The molecule has 27 heavy (non-hydrogen) atoms. The monoisotopic (exact) mass is 366 g/mol. The number of aromatic nitrogens is 2. The highest BCUT2D eigenvalue weighted by Gasteiger charge is 2.33. The number of piperazine rings is 1. The summed E-state index contributed by atoms with van der Waals surface area (Å²) < 4.78 is 18.3. The van der Waals surface area contributed by atoms with Crippen molar-refractivity contribution in [2.24, 2.45) is 0 Å². The zero-order valence-electron chi connectivity index (χ0n) is 15.0. The van der Waals surface area contributed by atoms with Crippen molar-refractivity contribution in [1.29, 1.82) is 0 Å². The van der Waals surface area contributed by atoms with Crippen molar-refractivity contribution in [2.75, 3.05) is 31.1 Å². The van der Waals surface area contributed by atoms with E-state index in [9.17, 15) is 14.0 Å². The summed E-state index contributed by atoms with van der Waals surface area (Å²) in [5.41, 5.74) is 2.24. The van der Waals surface area contributed by atoms with Crippen LogP contribution in [0.2, 0.25) is 0 Å². The number of anilines is 1. The number of carbonyl (C=O) groups is 1. The average molecular weight is 366 g/mol. The maximum atomic E-state index is 14.9. The van der Waals surface area contributed by atoms with Gasteiger partial charge in [-0.1, -0.05) is 0 Å². The van der Waals surface area contributed by atoms with Gasteiger partial charge in [-0.25, -0.2) is 4.39 Å². The van der Waals surface area contributed by atoms with Gasteiger partial charge in [-0.3, -0.25) is 14.2 Å². The van der Waals surface area contributed by atoms with Crippen LogP contribution in [0.5, 0.6) is 0 Å². The second kappa shape index (κ2) is 5.79. The largest absolute Gasteiger partial charge is 0.367 e. The SMILES string of the molecule is CCn1c2c(c(=O)c3cc(F)c(N4CCNCC4)cc31)C(=O)n1cccc1-2. The Bertz CT molecular complexity index is 1150. The first kappa shape index (κ1) is 16.3. The van der Waals surface area contributed by atoms with Gasteiger partial charge in [-0.05, 0) is 31.2 Å². The van der Waals surface area contributed by atoms with Crippen molar-refractivity contribution in [2.45, 2.75) is 13.5 Å². The summed E-state index contributed by atoms with van der Waals surface area (Å²) >= 11 is 0.